The molecule has 0 saturated carbocycles. The molecule has 0 aliphatic carbocycles. The number of aliphatic imine (C=N–C) groups is 1. The molecule has 0 aromatic rings. The smallest absolute Gasteiger partial charge is 0.0424 e. The minimum atomic E-state index is 0.839. The Bertz CT molecular complexity index is 200. The maximum Gasteiger partial charge on any atom is 0.0424 e. The Morgan fingerprint density at radius 2 is 2.08 bits per heavy atom. The fraction of sp³-hybridized carbons (Fsp3) is 0.364. The van der Waals surface area contributed by atoms with Crippen LogP contribution in [0.15, 0.2) is 42.1 Å². The van der Waals surface area contributed by atoms with E-state index in [1.165, 1.54) is 0 Å². The molecule has 0 unspecified atom stereocenters. The molecule has 0 N–H and O–H groups in total. The van der Waals surface area contributed by atoms with Gasteiger partial charge in [-0.3, -0.25) is 4.99 Å². The molecule has 0 aliphatic rings. The van der Waals surface area contributed by atoms with E-state index in [-0.39, 0.29) is 0 Å². The Balaban J connectivity index is 3.39. The second-order valence-corrected chi connectivity index (χ2v) is 2.81. The van der Waals surface area contributed by atoms with E-state index in [1.54, 1.807) is 12.3 Å². The van der Waals surface area contributed by atoms with E-state index in [2.05, 4.69) is 17.6 Å². The summed E-state index contributed by atoms with van der Waals surface area (Å²) < 4.78 is 0. The van der Waals surface area contributed by atoms with Crippen LogP contribution >= 0.6 is 0 Å². The summed E-state index contributed by atoms with van der Waals surface area (Å²) in [6, 6.07) is 0. The van der Waals surface area contributed by atoms with Gasteiger partial charge < -0.3 is 4.90 Å². The fourth-order valence-corrected chi connectivity index (χ4v) is 0.698. The number of allylic oxidation sites excluding steroid dienone is 3. The van der Waals surface area contributed by atoms with Gasteiger partial charge in [0.1, 0.15) is 0 Å². The summed E-state index contributed by atoms with van der Waals surface area (Å²) in [4.78, 5) is 6.19. The lowest BCUT2D eigenvalue weighted by atomic mass is 10.4. The van der Waals surface area contributed by atoms with Gasteiger partial charge in [-0.05, 0) is 18.7 Å². The molecule has 72 valence electrons. The van der Waals surface area contributed by atoms with Crippen LogP contribution in [0.5, 0.6) is 0 Å². The minimum Gasteiger partial charge on any atom is -0.384 e. The van der Waals surface area contributed by atoms with Gasteiger partial charge in [-0.2, -0.15) is 0 Å². The average molecular weight is 178 g/mol. The molecule has 0 aromatic carbocycles. The highest BCUT2D eigenvalue weighted by molar-refractivity contribution is 5.71. The summed E-state index contributed by atoms with van der Waals surface area (Å²) in [5.41, 5.74) is 0. The van der Waals surface area contributed by atoms with Crippen LogP contribution in [0.3, 0.4) is 0 Å². The van der Waals surface area contributed by atoms with Gasteiger partial charge in [0.25, 0.3) is 0 Å². The Hall–Kier alpha value is -1.31. The second kappa shape index (κ2) is 8.78. The normalized spacial score (nSPS) is 11.8. The van der Waals surface area contributed by atoms with Crippen LogP contribution in [0.25, 0.3) is 0 Å². The number of nitrogens with zero attached hydrogens (tertiary/aromatic N) is 2. The van der Waals surface area contributed by atoms with E-state index >= 15 is 0 Å². The summed E-state index contributed by atoms with van der Waals surface area (Å²) in [6.07, 6.45) is 12.4. The van der Waals surface area contributed by atoms with Crippen molar-refractivity contribution >= 4 is 6.21 Å². The highest BCUT2D eigenvalue weighted by Crippen LogP contribution is 1.85. The van der Waals surface area contributed by atoms with Crippen molar-refractivity contribution in [2.75, 3.05) is 20.6 Å². The number of hydrogen-bond acceptors (Lipinski definition) is 2. The molecule has 0 saturated heterocycles. The van der Waals surface area contributed by atoms with E-state index in [0.29, 0.717) is 0 Å². The van der Waals surface area contributed by atoms with Crippen LogP contribution in [-0.2, 0) is 0 Å². The molecule has 0 spiro atoms. The highest BCUT2D eigenvalue weighted by Gasteiger charge is 1.77. The second-order valence-electron chi connectivity index (χ2n) is 2.81. The molecule has 0 bridgehead atoms. The summed E-state index contributed by atoms with van der Waals surface area (Å²) in [5.74, 6) is 0. The zero-order valence-corrected chi connectivity index (χ0v) is 8.48. The Labute approximate surface area is 81.0 Å². The number of rotatable bonds is 6. The summed E-state index contributed by atoms with van der Waals surface area (Å²) >= 11 is 0. The predicted octanol–water partition coefficient (Wildman–Crippen LogP) is 2.26. The van der Waals surface area contributed by atoms with Crippen molar-refractivity contribution in [1.29, 1.82) is 0 Å². The lowest BCUT2D eigenvalue weighted by Crippen LogP contribution is -1.99. The van der Waals surface area contributed by atoms with Crippen molar-refractivity contribution < 1.29 is 0 Å². The van der Waals surface area contributed by atoms with Gasteiger partial charge in [-0.15, -0.1) is 0 Å². The Kier molecular flexibility index (Phi) is 7.90. The van der Waals surface area contributed by atoms with Crippen LogP contribution in [-0.4, -0.2) is 31.8 Å². The van der Waals surface area contributed by atoms with Gasteiger partial charge in [0, 0.05) is 26.9 Å². The van der Waals surface area contributed by atoms with Crippen molar-refractivity contribution in [3.05, 3.63) is 37.1 Å². The first-order valence-corrected chi connectivity index (χ1v) is 4.38. The lowest BCUT2D eigenvalue weighted by Gasteiger charge is -2.01. The van der Waals surface area contributed by atoms with Crippen molar-refractivity contribution in [1.82, 2.24) is 4.90 Å². The standard InChI is InChI=1S/C11H18N2/c1-4-5-6-9-12-10-7-8-11-13(2)3/h4-6,8-9,11H,1,7,10H2,2-3H3/b6-5+,11-8+,12-9+. The van der Waals surface area contributed by atoms with Crippen LogP contribution < -0.4 is 0 Å². The molecule has 0 radical (unpaired) electrons. The SMILES string of the molecule is C=C/C=C/C=N/CC/C=C/N(C)C. The molecule has 0 atom stereocenters. The maximum absolute atomic E-state index is 4.18. The summed E-state index contributed by atoms with van der Waals surface area (Å²) in [6.45, 7) is 4.40. The van der Waals surface area contributed by atoms with E-state index in [0.717, 1.165) is 13.0 Å². The van der Waals surface area contributed by atoms with Crippen molar-refractivity contribution in [3.63, 3.8) is 0 Å². The van der Waals surface area contributed by atoms with Crippen molar-refractivity contribution in [3.8, 4) is 0 Å². The molecule has 2 heteroatoms. The highest BCUT2D eigenvalue weighted by atomic mass is 15.0. The zero-order chi connectivity index (χ0) is 9.94. The minimum absolute atomic E-state index is 0.839. The molecular formula is C11H18N2. The van der Waals surface area contributed by atoms with Gasteiger partial charge in [0.2, 0.25) is 0 Å². The van der Waals surface area contributed by atoms with Crippen LogP contribution in [0.2, 0.25) is 0 Å². The molecule has 0 amide bonds. The summed E-state index contributed by atoms with van der Waals surface area (Å²) in [7, 11) is 4.01. The van der Waals surface area contributed by atoms with E-state index < -0.39 is 0 Å². The largest absolute Gasteiger partial charge is 0.384 e. The van der Waals surface area contributed by atoms with Gasteiger partial charge in [0.05, 0.1) is 0 Å². The molecule has 0 fully saturated rings. The summed E-state index contributed by atoms with van der Waals surface area (Å²) in [5, 5.41) is 0. The first-order valence-electron chi connectivity index (χ1n) is 4.38. The van der Waals surface area contributed by atoms with Gasteiger partial charge in [0.15, 0.2) is 0 Å². The van der Waals surface area contributed by atoms with E-state index in [9.17, 15) is 0 Å². The zero-order valence-electron chi connectivity index (χ0n) is 8.48. The molecule has 13 heavy (non-hydrogen) atoms. The predicted molar refractivity (Wildman–Crippen MR) is 60.1 cm³/mol. The first-order chi connectivity index (χ1) is 6.27. The van der Waals surface area contributed by atoms with Gasteiger partial charge in [-0.25, -0.2) is 0 Å². The van der Waals surface area contributed by atoms with Crippen LogP contribution in [0, 0.1) is 0 Å². The Morgan fingerprint density at radius 1 is 1.31 bits per heavy atom. The fourth-order valence-electron chi connectivity index (χ4n) is 0.698. The third kappa shape index (κ3) is 10.7. The average Bonchev–Trinajstić information content (AvgIpc) is 2.09. The Morgan fingerprint density at radius 3 is 2.69 bits per heavy atom. The van der Waals surface area contributed by atoms with Gasteiger partial charge in [-0.1, -0.05) is 24.8 Å². The quantitative estimate of drug-likeness (QED) is 0.346. The van der Waals surface area contributed by atoms with E-state index in [4.69, 9.17) is 0 Å². The molecule has 0 heterocycles. The van der Waals surface area contributed by atoms with Crippen LogP contribution in [0.4, 0.5) is 0 Å². The lowest BCUT2D eigenvalue weighted by molar-refractivity contribution is 0.561. The number of hydrogen-bond donors (Lipinski definition) is 0. The monoisotopic (exact) mass is 178 g/mol. The molecular weight excluding hydrogens is 160 g/mol. The van der Waals surface area contributed by atoms with Crippen LogP contribution in [0.1, 0.15) is 6.42 Å². The molecule has 0 rings (SSSR count). The topological polar surface area (TPSA) is 15.6 Å². The third-order valence-electron chi connectivity index (χ3n) is 1.27. The molecule has 2 nitrogen and oxygen atoms in total. The van der Waals surface area contributed by atoms with Crippen molar-refractivity contribution in [2.45, 2.75) is 6.42 Å². The maximum atomic E-state index is 4.18. The third-order valence-corrected chi connectivity index (χ3v) is 1.27. The molecule has 0 aliphatic heterocycles. The van der Waals surface area contributed by atoms with E-state index in [1.807, 2.05) is 37.3 Å². The first kappa shape index (κ1) is 11.7. The van der Waals surface area contributed by atoms with Gasteiger partial charge >= 0.3 is 0 Å². The van der Waals surface area contributed by atoms with Crippen molar-refractivity contribution in [2.24, 2.45) is 4.99 Å². The molecule has 0 aromatic heterocycles.